The van der Waals surface area contributed by atoms with Crippen molar-refractivity contribution in [3.05, 3.63) is 29.8 Å². The summed E-state index contributed by atoms with van der Waals surface area (Å²) < 4.78 is 10.7. The molecule has 1 aromatic carbocycles. The lowest BCUT2D eigenvalue weighted by molar-refractivity contribution is -0.140. The number of hydrogen-bond acceptors (Lipinski definition) is 5. The Balaban J connectivity index is 1.55. The van der Waals surface area contributed by atoms with Crippen molar-refractivity contribution in [3.8, 4) is 5.75 Å². The van der Waals surface area contributed by atoms with E-state index in [9.17, 15) is 9.59 Å². The van der Waals surface area contributed by atoms with Crippen molar-refractivity contribution in [2.24, 2.45) is 0 Å². The first-order valence-corrected chi connectivity index (χ1v) is 8.67. The van der Waals surface area contributed by atoms with Gasteiger partial charge < -0.3 is 24.6 Å². The van der Waals surface area contributed by atoms with Crippen LogP contribution in [-0.2, 0) is 9.53 Å². The average molecular weight is 347 g/mol. The Hall–Kier alpha value is -2.12. The standard InChI is InChI=1S/C18H25N3O4/c1-13-16(19-7-12-25-13)18(23)21-10-8-20(9-11-21)17(22)14-3-5-15(24-2)6-4-14/h3-6,13,16,19H,7-12H2,1-2H3/t13-,16+/m1/s1. The molecule has 0 bridgehead atoms. The van der Waals surface area contributed by atoms with E-state index in [1.54, 1.807) is 36.3 Å². The molecule has 0 aliphatic carbocycles. The predicted octanol–water partition coefficient (Wildman–Crippen LogP) is 0.357. The van der Waals surface area contributed by atoms with E-state index in [4.69, 9.17) is 9.47 Å². The highest BCUT2D eigenvalue weighted by Crippen LogP contribution is 2.15. The van der Waals surface area contributed by atoms with Gasteiger partial charge in [-0.1, -0.05) is 0 Å². The van der Waals surface area contributed by atoms with Crippen molar-refractivity contribution >= 4 is 11.8 Å². The molecule has 2 fully saturated rings. The zero-order chi connectivity index (χ0) is 17.8. The number of morpholine rings is 1. The van der Waals surface area contributed by atoms with Crippen molar-refractivity contribution in [1.29, 1.82) is 0 Å². The summed E-state index contributed by atoms with van der Waals surface area (Å²) in [5, 5.41) is 3.23. The van der Waals surface area contributed by atoms with Gasteiger partial charge in [0.25, 0.3) is 5.91 Å². The van der Waals surface area contributed by atoms with E-state index in [-0.39, 0.29) is 24.0 Å². The first kappa shape index (κ1) is 17.7. The van der Waals surface area contributed by atoms with Crippen LogP contribution in [0.25, 0.3) is 0 Å². The molecule has 2 atom stereocenters. The van der Waals surface area contributed by atoms with Crippen LogP contribution in [0, 0.1) is 0 Å². The molecule has 0 radical (unpaired) electrons. The first-order chi connectivity index (χ1) is 12.1. The van der Waals surface area contributed by atoms with Gasteiger partial charge in [0, 0.05) is 38.3 Å². The van der Waals surface area contributed by atoms with Gasteiger partial charge >= 0.3 is 0 Å². The van der Waals surface area contributed by atoms with Gasteiger partial charge in [-0.15, -0.1) is 0 Å². The molecule has 0 unspecified atom stereocenters. The lowest BCUT2D eigenvalue weighted by Crippen LogP contribution is -2.60. The lowest BCUT2D eigenvalue weighted by Gasteiger charge is -2.38. The zero-order valence-corrected chi connectivity index (χ0v) is 14.7. The molecule has 0 saturated carbocycles. The molecular weight excluding hydrogens is 322 g/mol. The third kappa shape index (κ3) is 3.93. The topological polar surface area (TPSA) is 71.1 Å². The van der Waals surface area contributed by atoms with Crippen LogP contribution in [0.4, 0.5) is 0 Å². The average Bonchev–Trinajstić information content (AvgIpc) is 2.67. The Morgan fingerprint density at radius 3 is 2.36 bits per heavy atom. The van der Waals surface area contributed by atoms with Gasteiger partial charge in [0.15, 0.2) is 0 Å². The van der Waals surface area contributed by atoms with Gasteiger partial charge in [-0.05, 0) is 31.2 Å². The van der Waals surface area contributed by atoms with Gasteiger partial charge in [-0.2, -0.15) is 0 Å². The maximum atomic E-state index is 12.6. The molecule has 1 N–H and O–H groups in total. The summed E-state index contributed by atoms with van der Waals surface area (Å²) in [5.41, 5.74) is 0.636. The highest BCUT2D eigenvalue weighted by Gasteiger charge is 2.34. The quantitative estimate of drug-likeness (QED) is 0.855. The second-order valence-corrected chi connectivity index (χ2v) is 6.35. The summed E-state index contributed by atoms with van der Waals surface area (Å²) >= 11 is 0. The van der Waals surface area contributed by atoms with Gasteiger partial charge in [-0.3, -0.25) is 9.59 Å². The first-order valence-electron chi connectivity index (χ1n) is 8.67. The van der Waals surface area contributed by atoms with Crippen LogP contribution in [0.5, 0.6) is 5.75 Å². The monoisotopic (exact) mass is 347 g/mol. The molecule has 3 rings (SSSR count). The van der Waals surface area contributed by atoms with E-state index in [1.165, 1.54) is 0 Å². The van der Waals surface area contributed by atoms with Crippen LogP contribution in [-0.4, -0.2) is 80.2 Å². The molecule has 136 valence electrons. The Morgan fingerprint density at radius 2 is 1.76 bits per heavy atom. The highest BCUT2D eigenvalue weighted by atomic mass is 16.5. The summed E-state index contributed by atoms with van der Waals surface area (Å²) in [5.74, 6) is 0.772. The van der Waals surface area contributed by atoms with Crippen molar-refractivity contribution in [3.63, 3.8) is 0 Å². The molecule has 2 heterocycles. The number of methoxy groups -OCH3 is 1. The van der Waals surface area contributed by atoms with Gasteiger partial charge in [0.2, 0.25) is 5.91 Å². The van der Waals surface area contributed by atoms with E-state index in [0.29, 0.717) is 44.9 Å². The second kappa shape index (κ2) is 7.84. The Kier molecular flexibility index (Phi) is 5.55. The number of carbonyl (C=O) groups is 2. The van der Waals surface area contributed by atoms with Gasteiger partial charge in [-0.25, -0.2) is 0 Å². The smallest absolute Gasteiger partial charge is 0.253 e. The largest absolute Gasteiger partial charge is 0.497 e. The molecule has 25 heavy (non-hydrogen) atoms. The number of hydrogen-bond donors (Lipinski definition) is 1. The number of benzene rings is 1. The maximum Gasteiger partial charge on any atom is 0.253 e. The zero-order valence-electron chi connectivity index (χ0n) is 14.7. The van der Waals surface area contributed by atoms with Gasteiger partial charge in [0.05, 0.1) is 19.8 Å². The van der Waals surface area contributed by atoms with Crippen molar-refractivity contribution in [2.45, 2.75) is 19.1 Å². The van der Waals surface area contributed by atoms with Crippen LogP contribution in [0.15, 0.2) is 24.3 Å². The summed E-state index contributed by atoms with van der Waals surface area (Å²) in [4.78, 5) is 28.8. The summed E-state index contributed by atoms with van der Waals surface area (Å²) in [7, 11) is 1.60. The molecular formula is C18H25N3O4. The fourth-order valence-corrected chi connectivity index (χ4v) is 3.25. The molecule has 7 heteroatoms. The molecule has 0 aromatic heterocycles. The summed E-state index contributed by atoms with van der Waals surface area (Å²) in [6, 6.07) is 6.80. The minimum atomic E-state index is -0.294. The second-order valence-electron chi connectivity index (χ2n) is 6.35. The molecule has 7 nitrogen and oxygen atoms in total. The minimum Gasteiger partial charge on any atom is -0.497 e. The number of nitrogens with one attached hydrogen (secondary N) is 1. The van der Waals surface area contributed by atoms with Crippen molar-refractivity contribution < 1.29 is 19.1 Å². The highest BCUT2D eigenvalue weighted by molar-refractivity contribution is 5.94. The molecule has 2 amide bonds. The van der Waals surface area contributed by atoms with Crippen LogP contribution in [0.3, 0.4) is 0 Å². The Morgan fingerprint density at radius 1 is 1.12 bits per heavy atom. The van der Waals surface area contributed by atoms with Crippen LogP contribution >= 0.6 is 0 Å². The number of amides is 2. The minimum absolute atomic E-state index is 0.0118. The van der Waals surface area contributed by atoms with Gasteiger partial charge in [0.1, 0.15) is 11.8 Å². The van der Waals surface area contributed by atoms with E-state index in [1.807, 2.05) is 11.8 Å². The normalized spacial score (nSPS) is 24.1. The number of carbonyl (C=O) groups excluding carboxylic acids is 2. The molecule has 2 saturated heterocycles. The summed E-state index contributed by atoms with van der Waals surface area (Å²) in [6.07, 6.45) is -0.125. The van der Waals surface area contributed by atoms with Crippen molar-refractivity contribution in [1.82, 2.24) is 15.1 Å². The van der Waals surface area contributed by atoms with E-state index >= 15 is 0 Å². The SMILES string of the molecule is COc1ccc(C(=O)N2CCN(C(=O)[C@H]3NCCO[C@@H]3C)CC2)cc1. The van der Waals surface area contributed by atoms with Crippen LogP contribution in [0.1, 0.15) is 17.3 Å². The molecule has 2 aliphatic rings. The van der Waals surface area contributed by atoms with E-state index in [0.717, 1.165) is 5.75 Å². The number of rotatable bonds is 3. The number of ether oxygens (including phenoxy) is 2. The maximum absolute atomic E-state index is 12.6. The van der Waals surface area contributed by atoms with Crippen molar-refractivity contribution in [2.75, 3.05) is 46.4 Å². The lowest BCUT2D eigenvalue weighted by atomic mass is 10.1. The Labute approximate surface area is 147 Å². The third-order valence-electron chi connectivity index (χ3n) is 4.80. The fraction of sp³-hybridized carbons (Fsp3) is 0.556. The van der Waals surface area contributed by atoms with E-state index < -0.39 is 0 Å². The molecule has 2 aliphatic heterocycles. The summed E-state index contributed by atoms with van der Waals surface area (Å²) in [6.45, 7) is 5.41. The van der Waals surface area contributed by atoms with Crippen LogP contribution < -0.4 is 10.1 Å². The van der Waals surface area contributed by atoms with Crippen LogP contribution in [0.2, 0.25) is 0 Å². The fourth-order valence-electron chi connectivity index (χ4n) is 3.25. The molecule has 0 spiro atoms. The third-order valence-corrected chi connectivity index (χ3v) is 4.80. The van der Waals surface area contributed by atoms with E-state index in [2.05, 4.69) is 5.32 Å². The predicted molar refractivity (Wildman–Crippen MR) is 92.7 cm³/mol. The number of piperazine rings is 1. The molecule has 1 aromatic rings. The Bertz CT molecular complexity index is 611. The number of nitrogens with zero attached hydrogens (tertiary/aromatic N) is 2.